The first-order valence-electron chi connectivity index (χ1n) is 8.96. The molecule has 0 aliphatic heterocycles. The van der Waals surface area contributed by atoms with Crippen molar-refractivity contribution >= 4 is 0 Å². The second-order valence-corrected chi connectivity index (χ2v) is 6.70. The normalized spacial score (nSPS) is 24.2. The van der Waals surface area contributed by atoms with E-state index in [0.29, 0.717) is 6.04 Å². The summed E-state index contributed by atoms with van der Waals surface area (Å²) < 4.78 is 2.20. The lowest BCUT2D eigenvalue weighted by molar-refractivity contribution is 0.221. The zero-order valence-electron chi connectivity index (χ0n) is 14.4. The minimum absolute atomic E-state index is 0.615. The lowest BCUT2D eigenvalue weighted by Gasteiger charge is -2.34. The van der Waals surface area contributed by atoms with E-state index in [0.717, 1.165) is 37.8 Å². The molecular formula is C18H33N3. The summed E-state index contributed by atoms with van der Waals surface area (Å²) in [5.41, 5.74) is 2.65. The highest BCUT2D eigenvalue weighted by Crippen LogP contribution is 2.32. The van der Waals surface area contributed by atoms with E-state index < -0.39 is 0 Å². The Hall–Kier alpha value is -0.830. The van der Waals surface area contributed by atoms with Crippen molar-refractivity contribution in [1.82, 2.24) is 15.1 Å². The van der Waals surface area contributed by atoms with Gasteiger partial charge in [-0.15, -0.1) is 0 Å². The van der Waals surface area contributed by atoms with Crippen molar-refractivity contribution in [3.63, 3.8) is 0 Å². The fourth-order valence-electron chi connectivity index (χ4n) is 3.87. The van der Waals surface area contributed by atoms with Crippen LogP contribution in [-0.4, -0.2) is 22.4 Å². The zero-order chi connectivity index (χ0) is 15.2. The zero-order valence-corrected chi connectivity index (χ0v) is 14.4. The van der Waals surface area contributed by atoms with Gasteiger partial charge in [0, 0.05) is 24.7 Å². The molecule has 1 heterocycles. The number of likely N-dealkylation sites (N-methyl/N-ethyl adjacent to an activating group) is 1. The second kappa shape index (κ2) is 7.98. The van der Waals surface area contributed by atoms with Crippen molar-refractivity contribution in [2.45, 2.75) is 78.8 Å². The standard InChI is InChI=1S/C18H33N3/c1-5-16-12-17(21(7-3)20-16)13-18(19-6-2)15-10-8-9-14(4)11-15/h12,14-15,18-19H,5-11,13H2,1-4H3. The van der Waals surface area contributed by atoms with Crippen LogP contribution in [0.25, 0.3) is 0 Å². The summed E-state index contributed by atoms with van der Waals surface area (Å²) in [4.78, 5) is 0. The van der Waals surface area contributed by atoms with E-state index in [1.807, 2.05) is 0 Å². The lowest BCUT2D eigenvalue weighted by Crippen LogP contribution is -2.40. The average Bonchev–Trinajstić information content (AvgIpc) is 2.89. The number of rotatable bonds is 7. The van der Waals surface area contributed by atoms with Crippen LogP contribution < -0.4 is 5.32 Å². The van der Waals surface area contributed by atoms with Crippen LogP contribution in [0.15, 0.2) is 6.07 Å². The van der Waals surface area contributed by atoms with Crippen LogP contribution in [0.2, 0.25) is 0 Å². The molecule has 0 amide bonds. The van der Waals surface area contributed by atoms with E-state index in [1.54, 1.807) is 0 Å². The van der Waals surface area contributed by atoms with Crippen LogP contribution >= 0.6 is 0 Å². The van der Waals surface area contributed by atoms with Gasteiger partial charge in [0.15, 0.2) is 0 Å². The molecule has 3 nitrogen and oxygen atoms in total. The van der Waals surface area contributed by atoms with Crippen molar-refractivity contribution in [2.75, 3.05) is 6.54 Å². The number of hydrogen-bond donors (Lipinski definition) is 1. The van der Waals surface area contributed by atoms with Gasteiger partial charge >= 0.3 is 0 Å². The molecule has 0 bridgehead atoms. The summed E-state index contributed by atoms with van der Waals surface area (Å²) in [6.07, 6.45) is 7.77. The second-order valence-electron chi connectivity index (χ2n) is 6.70. The van der Waals surface area contributed by atoms with Crippen LogP contribution in [0.3, 0.4) is 0 Å². The topological polar surface area (TPSA) is 29.9 Å². The molecule has 3 unspecified atom stereocenters. The Balaban J connectivity index is 2.09. The molecular weight excluding hydrogens is 258 g/mol. The van der Waals surface area contributed by atoms with Gasteiger partial charge in [-0.2, -0.15) is 5.10 Å². The Bertz CT molecular complexity index is 424. The molecule has 1 aliphatic carbocycles. The number of aryl methyl sites for hydroxylation is 2. The molecule has 1 fully saturated rings. The first kappa shape index (κ1) is 16.5. The molecule has 1 aromatic heterocycles. The summed E-state index contributed by atoms with van der Waals surface area (Å²) in [6, 6.07) is 2.93. The van der Waals surface area contributed by atoms with Crippen LogP contribution in [-0.2, 0) is 19.4 Å². The third-order valence-electron chi connectivity index (χ3n) is 5.02. The van der Waals surface area contributed by atoms with Gasteiger partial charge in [-0.05, 0) is 50.6 Å². The largest absolute Gasteiger partial charge is 0.314 e. The average molecular weight is 291 g/mol. The lowest BCUT2D eigenvalue weighted by atomic mass is 9.77. The molecule has 0 radical (unpaired) electrons. The van der Waals surface area contributed by atoms with Gasteiger partial charge in [0.05, 0.1) is 5.69 Å². The summed E-state index contributed by atoms with van der Waals surface area (Å²) in [7, 11) is 0. The summed E-state index contributed by atoms with van der Waals surface area (Å²) in [5, 5.41) is 8.47. The molecule has 120 valence electrons. The number of nitrogens with one attached hydrogen (secondary N) is 1. The maximum Gasteiger partial charge on any atom is 0.0624 e. The van der Waals surface area contributed by atoms with Crippen molar-refractivity contribution in [3.8, 4) is 0 Å². The van der Waals surface area contributed by atoms with Gasteiger partial charge in [-0.1, -0.05) is 33.6 Å². The van der Waals surface area contributed by atoms with E-state index in [4.69, 9.17) is 5.10 Å². The molecule has 1 saturated carbocycles. The maximum atomic E-state index is 4.71. The fraction of sp³-hybridized carbons (Fsp3) is 0.833. The molecule has 1 aromatic rings. The van der Waals surface area contributed by atoms with Gasteiger partial charge in [-0.3, -0.25) is 4.68 Å². The quantitative estimate of drug-likeness (QED) is 0.828. The van der Waals surface area contributed by atoms with Crippen LogP contribution in [0, 0.1) is 11.8 Å². The van der Waals surface area contributed by atoms with E-state index in [9.17, 15) is 0 Å². The molecule has 1 N–H and O–H groups in total. The predicted octanol–water partition coefficient (Wildman–Crippen LogP) is 3.81. The van der Waals surface area contributed by atoms with Crippen molar-refractivity contribution < 1.29 is 0 Å². The highest BCUT2D eigenvalue weighted by Gasteiger charge is 2.27. The molecule has 3 heteroatoms. The van der Waals surface area contributed by atoms with Gasteiger partial charge in [0.25, 0.3) is 0 Å². The van der Waals surface area contributed by atoms with Gasteiger partial charge < -0.3 is 5.32 Å². The smallest absolute Gasteiger partial charge is 0.0624 e. The Morgan fingerprint density at radius 1 is 1.33 bits per heavy atom. The van der Waals surface area contributed by atoms with E-state index in [2.05, 4.69) is 43.8 Å². The van der Waals surface area contributed by atoms with Crippen LogP contribution in [0.1, 0.15) is 64.8 Å². The molecule has 0 saturated heterocycles. The number of hydrogen-bond acceptors (Lipinski definition) is 2. The Kier molecular flexibility index (Phi) is 6.28. The number of nitrogens with zero attached hydrogens (tertiary/aromatic N) is 2. The first-order chi connectivity index (χ1) is 10.2. The Morgan fingerprint density at radius 2 is 2.14 bits per heavy atom. The monoisotopic (exact) mass is 291 g/mol. The predicted molar refractivity (Wildman–Crippen MR) is 89.6 cm³/mol. The molecule has 3 atom stereocenters. The van der Waals surface area contributed by atoms with Crippen molar-refractivity contribution in [2.24, 2.45) is 11.8 Å². The fourth-order valence-corrected chi connectivity index (χ4v) is 3.87. The SMILES string of the molecule is CCNC(Cc1cc(CC)nn1CC)C1CCCC(C)C1. The summed E-state index contributed by atoms with van der Waals surface area (Å²) in [6.45, 7) is 11.1. The molecule has 0 aromatic carbocycles. The Morgan fingerprint density at radius 3 is 2.76 bits per heavy atom. The maximum absolute atomic E-state index is 4.71. The Labute approximate surface area is 130 Å². The summed E-state index contributed by atoms with van der Waals surface area (Å²) in [5.74, 6) is 1.73. The molecule has 2 rings (SSSR count). The van der Waals surface area contributed by atoms with E-state index in [1.165, 1.54) is 37.1 Å². The minimum atomic E-state index is 0.615. The van der Waals surface area contributed by atoms with Gasteiger partial charge in [0.1, 0.15) is 0 Å². The van der Waals surface area contributed by atoms with Crippen LogP contribution in [0.5, 0.6) is 0 Å². The van der Waals surface area contributed by atoms with E-state index >= 15 is 0 Å². The molecule has 21 heavy (non-hydrogen) atoms. The highest BCUT2D eigenvalue weighted by atomic mass is 15.3. The number of aromatic nitrogens is 2. The minimum Gasteiger partial charge on any atom is -0.314 e. The van der Waals surface area contributed by atoms with Gasteiger partial charge in [-0.25, -0.2) is 0 Å². The molecule has 1 aliphatic rings. The highest BCUT2D eigenvalue weighted by molar-refractivity contribution is 5.12. The molecule has 0 spiro atoms. The third kappa shape index (κ3) is 4.32. The summed E-state index contributed by atoms with van der Waals surface area (Å²) >= 11 is 0. The van der Waals surface area contributed by atoms with Crippen LogP contribution in [0.4, 0.5) is 0 Å². The van der Waals surface area contributed by atoms with Crippen molar-refractivity contribution in [1.29, 1.82) is 0 Å². The third-order valence-corrected chi connectivity index (χ3v) is 5.02. The first-order valence-corrected chi connectivity index (χ1v) is 8.96. The van der Waals surface area contributed by atoms with Gasteiger partial charge in [0.2, 0.25) is 0 Å². The van der Waals surface area contributed by atoms with Crippen molar-refractivity contribution in [3.05, 3.63) is 17.5 Å². The van der Waals surface area contributed by atoms with E-state index in [-0.39, 0.29) is 0 Å².